The summed E-state index contributed by atoms with van der Waals surface area (Å²) in [4.78, 5) is 66.4. The Morgan fingerprint density at radius 3 is 1.10 bits per heavy atom. The summed E-state index contributed by atoms with van der Waals surface area (Å²) >= 11 is 0. The van der Waals surface area contributed by atoms with Gasteiger partial charge in [0.1, 0.15) is 0 Å². The van der Waals surface area contributed by atoms with Gasteiger partial charge in [-0.1, -0.05) is 0 Å². The molecule has 14 heteroatoms. The first-order valence-electron chi connectivity index (χ1n) is 8.60. The number of carboxylic acid groups (broad SMARTS) is 4. The molecule has 2 atom stereocenters. The van der Waals surface area contributed by atoms with Gasteiger partial charge in [-0.25, -0.2) is 9.59 Å². The number of carboxylic acids is 4. The predicted octanol–water partition coefficient (Wildman–Crippen LogP) is -2.64. The van der Waals surface area contributed by atoms with E-state index in [0.29, 0.717) is 0 Å². The quantitative estimate of drug-likeness (QED) is 0.123. The Labute approximate surface area is 169 Å². The molecule has 0 rings (SSSR count). The van der Waals surface area contributed by atoms with E-state index < -0.39 is 72.6 Å². The fourth-order valence-corrected chi connectivity index (χ4v) is 2.29. The van der Waals surface area contributed by atoms with E-state index in [1.54, 1.807) is 0 Å². The van der Waals surface area contributed by atoms with Crippen molar-refractivity contribution in [3.63, 3.8) is 0 Å². The molecule has 0 radical (unpaired) electrons. The Balaban J connectivity index is 4.27. The lowest BCUT2D eigenvalue weighted by Crippen LogP contribution is -2.45. The van der Waals surface area contributed by atoms with Crippen LogP contribution in [0.4, 0.5) is 0 Å². The lowest BCUT2D eigenvalue weighted by atomic mass is 9.95. The summed E-state index contributed by atoms with van der Waals surface area (Å²) < 4.78 is 0. The van der Waals surface area contributed by atoms with Crippen LogP contribution in [0.5, 0.6) is 0 Å². The number of rotatable bonds is 15. The molecule has 170 valence electrons. The molecule has 8 N–H and O–H groups in total. The van der Waals surface area contributed by atoms with Crippen molar-refractivity contribution in [3.05, 3.63) is 0 Å². The van der Waals surface area contributed by atoms with Crippen molar-refractivity contribution in [2.24, 2.45) is 0 Å². The average Bonchev–Trinajstić information content (AvgIpc) is 2.55. The van der Waals surface area contributed by atoms with E-state index in [1.165, 1.54) is 0 Å². The third kappa shape index (κ3) is 9.79. The third-order valence-corrected chi connectivity index (χ3v) is 3.84. The van der Waals surface area contributed by atoms with Crippen LogP contribution in [0.15, 0.2) is 0 Å². The van der Waals surface area contributed by atoms with E-state index in [9.17, 15) is 39.0 Å². The predicted molar refractivity (Wildman–Crippen MR) is 94.2 cm³/mol. The van der Waals surface area contributed by atoms with Crippen LogP contribution in [0, 0.1) is 0 Å². The van der Waals surface area contributed by atoms with Gasteiger partial charge >= 0.3 is 23.9 Å². The lowest BCUT2D eigenvalue weighted by molar-refractivity contribution is -0.167. The summed E-state index contributed by atoms with van der Waals surface area (Å²) in [5, 5.41) is 59.0. The number of amides is 2. The number of carbonyl (C=O) groups is 6. The van der Waals surface area contributed by atoms with E-state index in [-0.39, 0.29) is 25.9 Å². The first-order valence-corrected chi connectivity index (χ1v) is 8.60. The Morgan fingerprint density at radius 1 is 0.567 bits per heavy atom. The fraction of sp³-hybridized carbons (Fsp3) is 0.625. The van der Waals surface area contributed by atoms with Crippen molar-refractivity contribution in [2.45, 2.75) is 49.7 Å². The zero-order valence-corrected chi connectivity index (χ0v) is 15.8. The molecule has 30 heavy (non-hydrogen) atoms. The van der Waals surface area contributed by atoms with Crippen molar-refractivity contribution in [2.75, 3.05) is 13.1 Å². The summed E-state index contributed by atoms with van der Waals surface area (Å²) in [5.41, 5.74) is -5.50. The van der Waals surface area contributed by atoms with E-state index in [2.05, 4.69) is 10.6 Å². The fourth-order valence-electron chi connectivity index (χ4n) is 2.29. The Hall–Kier alpha value is -3.26. The average molecular weight is 436 g/mol. The van der Waals surface area contributed by atoms with Gasteiger partial charge in [0.25, 0.3) is 0 Å². The monoisotopic (exact) mass is 436 g/mol. The highest BCUT2D eigenvalue weighted by Gasteiger charge is 2.41. The topological polar surface area (TPSA) is 248 Å². The van der Waals surface area contributed by atoms with Crippen LogP contribution in [-0.2, 0) is 28.8 Å². The van der Waals surface area contributed by atoms with Crippen molar-refractivity contribution < 1.29 is 59.4 Å². The summed E-state index contributed by atoms with van der Waals surface area (Å²) in [6.45, 7) is 0.0190. The molecule has 0 spiro atoms. The molecule has 0 aliphatic rings. The Bertz CT molecular complexity index is 636. The zero-order valence-electron chi connectivity index (χ0n) is 15.8. The van der Waals surface area contributed by atoms with Gasteiger partial charge in [0, 0.05) is 13.1 Å². The molecule has 14 nitrogen and oxygen atoms in total. The minimum atomic E-state index is -2.75. The van der Waals surface area contributed by atoms with E-state index >= 15 is 0 Å². The van der Waals surface area contributed by atoms with Gasteiger partial charge in [0.05, 0.1) is 25.7 Å². The Kier molecular flexibility index (Phi) is 10.4. The van der Waals surface area contributed by atoms with E-state index in [1.807, 2.05) is 0 Å². The van der Waals surface area contributed by atoms with Crippen molar-refractivity contribution in [1.29, 1.82) is 0 Å². The van der Waals surface area contributed by atoms with Crippen LogP contribution in [0.1, 0.15) is 38.5 Å². The highest BCUT2D eigenvalue weighted by molar-refractivity contribution is 5.90. The molecule has 0 aromatic rings. The first kappa shape index (κ1) is 26.7. The number of hydrogen-bond acceptors (Lipinski definition) is 8. The standard InChI is InChI=1S/C16H24N2O12/c19-9(5-15(29,13(25)26)7-11(21)22)17-3-1-2-4-18-10(20)6-16(30,14(27)28)8-12(23)24/h29-30H,1-8H2,(H,17,19)(H,18,20)(H,21,22)(H,23,24)(H,25,26)(H,27,28)/t15-,16+. The normalized spacial score (nSPS) is 14.6. The highest BCUT2D eigenvalue weighted by Crippen LogP contribution is 2.17. The van der Waals surface area contributed by atoms with Gasteiger partial charge in [0.15, 0.2) is 11.2 Å². The van der Waals surface area contributed by atoms with Gasteiger partial charge in [-0.2, -0.15) is 0 Å². The molecule has 0 heterocycles. The summed E-state index contributed by atoms with van der Waals surface area (Å²) in [6, 6.07) is 0. The van der Waals surface area contributed by atoms with Gasteiger partial charge in [-0.05, 0) is 12.8 Å². The molecule has 0 aromatic heterocycles. The number of unbranched alkanes of at least 4 members (excludes halogenated alkanes) is 1. The molecule has 0 saturated heterocycles. The first-order chi connectivity index (χ1) is 13.7. The van der Waals surface area contributed by atoms with Crippen molar-refractivity contribution in [1.82, 2.24) is 10.6 Å². The van der Waals surface area contributed by atoms with Gasteiger partial charge in [-0.3, -0.25) is 19.2 Å². The molecule has 0 aromatic carbocycles. The summed E-state index contributed by atoms with van der Waals surface area (Å²) in [6.07, 6.45) is -3.71. The maximum atomic E-state index is 11.7. The minimum Gasteiger partial charge on any atom is -0.481 e. The van der Waals surface area contributed by atoms with Crippen LogP contribution in [-0.4, -0.2) is 90.6 Å². The molecule has 0 aliphatic heterocycles. The third-order valence-electron chi connectivity index (χ3n) is 3.84. The molecule has 0 fully saturated rings. The van der Waals surface area contributed by atoms with Crippen LogP contribution < -0.4 is 10.6 Å². The lowest BCUT2D eigenvalue weighted by Gasteiger charge is -2.21. The highest BCUT2D eigenvalue weighted by atomic mass is 16.4. The van der Waals surface area contributed by atoms with Crippen LogP contribution in [0.25, 0.3) is 0 Å². The number of aliphatic hydroxyl groups is 2. The second-order valence-electron chi connectivity index (χ2n) is 6.58. The molecule has 0 saturated carbocycles. The van der Waals surface area contributed by atoms with Gasteiger partial charge < -0.3 is 41.3 Å². The number of hydrogen-bond donors (Lipinski definition) is 8. The minimum absolute atomic E-state index is 0.00948. The molecule has 0 unspecified atom stereocenters. The van der Waals surface area contributed by atoms with Gasteiger partial charge in [0.2, 0.25) is 11.8 Å². The van der Waals surface area contributed by atoms with Crippen molar-refractivity contribution in [3.8, 4) is 0 Å². The molecule has 0 aliphatic carbocycles. The number of aliphatic carboxylic acids is 4. The SMILES string of the molecule is O=C(O)C[C@@](O)(CC(=O)NCCCCNC(=O)C[C@@](O)(CC(=O)O)C(=O)O)C(=O)O. The molecular weight excluding hydrogens is 412 g/mol. The number of carbonyl (C=O) groups excluding carboxylic acids is 2. The molecule has 0 bridgehead atoms. The van der Waals surface area contributed by atoms with Crippen LogP contribution in [0.3, 0.4) is 0 Å². The van der Waals surface area contributed by atoms with E-state index in [0.717, 1.165) is 0 Å². The van der Waals surface area contributed by atoms with Crippen LogP contribution in [0.2, 0.25) is 0 Å². The molecular formula is C16H24N2O12. The number of nitrogens with one attached hydrogen (secondary N) is 2. The molecule has 2 amide bonds. The smallest absolute Gasteiger partial charge is 0.336 e. The maximum Gasteiger partial charge on any atom is 0.336 e. The second kappa shape index (κ2) is 11.7. The maximum absolute atomic E-state index is 11.7. The Morgan fingerprint density at radius 2 is 0.867 bits per heavy atom. The van der Waals surface area contributed by atoms with Crippen LogP contribution >= 0.6 is 0 Å². The van der Waals surface area contributed by atoms with Crippen molar-refractivity contribution >= 4 is 35.7 Å². The van der Waals surface area contributed by atoms with E-state index in [4.69, 9.17) is 20.4 Å². The summed E-state index contributed by atoms with van der Waals surface area (Å²) in [7, 11) is 0. The summed E-state index contributed by atoms with van der Waals surface area (Å²) in [5.74, 6) is -8.70. The van der Waals surface area contributed by atoms with Gasteiger partial charge in [-0.15, -0.1) is 0 Å². The largest absolute Gasteiger partial charge is 0.481 e. The second-order valence-corrected chi connectivity index (χ2v) is 6.58. The zero-order chi connectivity index (χ0) is 23.5.